The molecule has 1 atom stereocenters. The zero-order valence-corrected chi connectivity index (χ0v) is 12.9. The Hall–Kier alpha value is -1.80. The first-order valence-corrected chi connectivity index (χ1v) is 7.93. The highest BCUT2D eigenvalue weighted by Crippen LogP contribution is 2.30. The Morgan fingerprint density at radius 1 is 1.14 bits per heavy atom. The summed E-state index contributed by atoms with van der Waals surface area (Å²) in [6.45, 7) is 6.45. The van der Waals surface area contributed by atoms with Crippen LogP contribution in [0.25, 0.3) is 0 Å². The van der Waals surface area contributed by atoms with Crippen molar-refractivity contribution in [2.45, 2.75) is 39.3 Å². The predicted molar refractivity (Wildman–Crippen MR) is 89.7 cm³/mol. The summed E-state index contributed by atoms with van der Waals surface area (Å²) in [7, 11) is 0. The first-order valence-electron chi connectivity index (χ1n) is 7.93. The normalized spacial score (nSPS) is 17.9. The van der Waals surface area contributed by atoms with Gasteiger partial charge in [0.05, 0.1) is 6.04 Å². The summed E-state index contributed by atoms with van der Waals surface area (Å²) in [5, 5.41) is 7.35. The molecule has 1 aliphatic heterocycles. The summed E-state index contributed by atoms with van der Waals surface area (Å²) < 4.78 is 0. The molecule has 110 valence electrons. The van der Waals surface area contributed by atoms with E-state index in [-0.39, 0.29) is 0 Å². The maximum atomic E-state index is 3.82. The molecule has 0 fully saturated rings. The number of rotatable bonds is 3. The van der Waals surface area contributed by atoms with Gasteiger partial charge in [0.15, 0.2) is 0 Å². The Labute approximate surface area is 127 Å². The van der Waals surface area contributed by atoms with Gasteiger partial charge in [-0.3, -0.25) is 0 Å². The van der Waals surface area contributed by atoms with Crippen LogP contribution in [0.3, 0.4) is 0 Å². The van der Waals surface area contributed by atoms with Crippen LogP contribution in [0.5, 0.6) is 0 Å². The predicted octanol–water partition coefficient (Wildman–Crippen LogP) is 4.20. The van der Waals surface area contributed by atoms with Crippen molar-refractivity contribution in [1.82, 2.24) is 5.32 Å². The molecule has 1 unspecified atom stereocenters. The molecule has 0 bridgehead atoms. The van der Waals surface area contributed by atoms with Gasteiger partial charge in [0, 0.05) is 12.2 Å². The molecule has 21 heavy (non-hydrogen) atoms. The standard InChI is InChI=1S/C19H24N2/c1-3-15-9-6-7-14(2)19(15)21-18-11-12-20-13-16-8-4-5-10-17(16)18/h4-10,18,20-21H,3,11-13H2,1-2H3. The Morgan fingerprint density at radius 2 is 2.00 bits per heavy atom. The van der Waals surface area contributed by atoms with Crippen molar-refractivity contribution in [2.75, 3.05) is 11.9 Å². The van der Waals surface area contributed by atoms with Gasteiger partial charge >= 0.3 is 0 Å². The molecule has 3 rings (SSSR count). The lowest BCUT2D eigenvalue weighted by Crippen LogP contribution is -2.16. The largest absolute Gasteiger partial charge is 0.378 e. The number of fused-ring (bicyclic) bond motifs is 1. The molecule has 0 saturated carbocycles. The molecule has 0 aromatic heterocycles. The second-order valence-corrected chi connectivity index (χ2v) is 5.82. The average Bonchev–Trinajstić information content (AvgIpc) is 2.72. The minimum Gasteiger partial charge on any atom is -0.378 e. The Morgan fingerprint density at radius 3 is 2.86 bits per heavy atom. The van der Waals surface area contributed by atoms with E-state index in [9.17, 15) is 0 Å². The third-order valence-corrected chi connectivity index (χ3v) is 4.41. The first-order chi connectivity index (χ1) is 10.3. The van der Waals surface area contributed by atoms with E-state index < -0.39 is 0 Å². The van der Waals surface area contributed by atoms with Gasteiger partial charge in [-0.1, -0.05) is 49.4 Å². The van der Waals surface area contributed by atoms with Crippen molar-refractivity contribution in [2.24, 2.45) is 0 Å². The molecule has 1 heterocycles. The summed E-state index contributed by atoms with van der Waals surface area (Å²) in [6, 6.07) is 15.8. The molecule has 2 heteroatoms. The van der Waals surface area contributed by atoms with Crippen LogP contribution in [0.1, 0.15) is 41.6 Å². The van der Waals surface area contributed by atoms with Crippen molar-refractivity contribution in [3.05, 3.63) is 64.7 Å². The fraction of sp³-hybridized carbons (Fsp3) is 0.368. The molecule has 2 nitrogen and oxygen atoms in total. The number of anilines is 1. The van der Waals surface area contributed by atoms with Crippen molar-refractivity contribution in [1.29, 1.82) is 0 Å². The van der Waals surface area contributed by atoms with Gasteiger partial charge in [-0.05, 0) is 48.6 Å². The quantitative estimate of drug-likeness (QED) is 0.880. The highest BCUT2D eigenvalue weighted by Gasteiger charge is 2.19. The Bertz CT molecular complexity index is 619. The van der Waals surface area contributed by atoms with Crippen LogP contribution in [-0.2, 0) is 13.0 Å². The topological polar surface area (TPSA) is 24.1 Å². The zero-order chi connectivity index (χ0) is 14.7. The number of hydrogen-bond acceptors (Lipinski definition) is 2. The van der Waals surface area contributed by atoms with Gasteiger partial charge in [-0.25, -0.2) is 0 Å². The fourth-order valence-electron chi connectivity index (χ4n) is 3.21. The molecule has 0 radical (unpaired) electrons. The molecular formula is C19H24N2. The van der Waals surface area contributed by atoms with Gasteiger partial charge in [0.1, 0.15) is 0 Å². The number of aryl methyl sites for hydroxylation is 2. The molecule has 2 N–H and O–H groups in total. The zero-order valence-electron chi connectivity index (χ0n) is 12.9. The summed E-state index contributed by atoms with van der Waals surface area (Å²) in [4.78, 5) is 0. The molecule has 0 amide bonds. The van der Waals surface area contributed by atoms with Crippen LogP contribution in [0.2, 0.25) is 0 Å². The van der Waals surface area contributed by atoms with E-state index in [0.717, 1.165) is 25.9 Å². The lowest BCUT2D eigenvalue weighted by molar-refractivity contribution is 0.636. The molecule has 2 aromatic rings. The Balaban J connectivity index is 1.95. The highest BCUT2D eigenvalue weighted by molar-refractivity contribution is 5.58. The third-order valence-electron chi connectivity index (χ3n) is 4.41. The van der Waals surface area contributed by atoms with Crippen LogP contribution in [0.15, 0.2) is 42.5 Å². The number of nitrogens with one attached hydrogen (secondary N) is 2. The molecule has 0 spiro atoms. The van der Waals surface area contributed by atoms with E-state index in [0.29, 0.717) is 6.04 Å². The maximum absolute atomic E-state index is 3.82. The van der Waals surface area contributed by atoms with Gasteiger partial charge in [-0.15, -0.1) is 0 Å². The smallest absolute Gasteiger partial charge is 0.0529 e. The molecule has 0 aliphatic carbocycles. The van der Waals surface area contributed by atoms with E-state index in [1.165, 1.54) is 27.9 Å². The first kappa shape index (κ1) is 14.2. The Kier molecular flexibility index (Phi) is 4.26. The molecule has 0 saturated heterocycles. The minimum absolute atomic E-state index is 0.391. The SMILES string of the molecule is CCc1cccc(C)c1NC1CCNCc2ccccc21. The monoisotopic (exact) mass is 280 g/mol. The summed E-state index contributed by atoms with van der Waals surface area (Å²) in [5.74, 6) is 0. The summed E-state index contributed by atoms with van der Waals surface area (Å²) in [5.41, 5.74) is 6.92. The minimum atomic E-state index is 0.391. The van der Waals surface area contributed by atoms with E-state index in [1.54, 1.807) is 0 Å². The van der Waals surface area contributed by atoms with E-state index in [4.69, 9.17) is 0 Å². The van der Waals surface area contributed by atoms with Crippen LogP contribution >= 0.6 is 0 Å². The van der Waals surface area contributed by atoms with Crippen LogP contribution < -0.4 is 10.6 Å². The van der Waals surface area contributed by atoms with Crippen LogP contribution in [0, 0.1) is 6.92 Å². The molecule has 2 aromatic carbocycles. The maximum Gasteiger partial charge on any atom is 0.0529 e. The van der Waals surface area contributed by atoms with Crippen LogP contribution in [-0.4, -0.2) is 6.54 Å². The second kappa shape index (κ2) is 6.31. The molecule has 1 aliphatic rings. The molecular weight excluding hydrogens is 256 g/mol. The van der Waals surface area contributed by atoms with Gasteiger partial charge in [-0.2, -0.15) is 0 Å². The van der Waals surface area contributed by atoms with E-state index >= 15 is 0 Å². The van der Waals surface area contributed by atoms with Crippen molar-refractivity contribution in [3.63, 3.8) is 0 Å². The summed E-state index contributed by atoms with van der Waals surface area (Å²) in [6.07, 6.45) is 2.19. The number of hydrogen-bond donors (Lipinski definition) is 2. The van der Waals surface area contributed by atoms with Crippen molar-refractivity contribution in [3.8, 4) is 0 Å². The van der Waals surface area contributed by atoms with E-state index in [2.05, 4.69) is 66.9 Å². The average molecular weight is 280 g/mol. The lowest BCUT2D eigenvalue weighted by Gasteiger charge is -2.23. The number of para-hydroxylation sites is 1. The lowest BCUT2D eigenvalue weighted by atomic mass is 9.97. The number of benzene rings is 2. The van der Waals surface area contributed by atoms with Crippen molar-refractivity contribution >= 4 is 5.69 Å². The highest BCUT2D eigenvalue weighted by atomic mass is 15.0. The van der Waals surface area contributed by atoms with Gasteiger partial charge in [0.25, 0.3) is 0 Å². The third kappa shape index (κ3) is 2.96. The van der Waals surface area contributed by atoms with Crippen LogP contribution in [0.4, 0.5) is 5.69 Å². The fourth-order valence-corrected chi connectivity index (χ4v) is 3.21. The van der Waals surface area contributed by atoms with E-state index in [1.807, 2.05) is 0 Å². The summed E-state index contributed by atoms with van der Waals surface area (Å²) >= 11 is 0. The van der Waals surface area contributed by atoms with Crippen molar-refractivity contribution < 1.29 is 0 Å². The van der Waals surface area contributed by atoms with Gasteiger partial charge < -0.3 is 10.6 Å². The van der Waals surface area contributed by atoms with Gasteiger partial charge in [0.2, 0.25) is 0 Å². The second-order valence-electron chi connectivity index (χ2n) is 5.82.